The van der Waals surface area contributed by atoms with Gasteiger partial charge < -0.3 is 19.7 Å². The number of nitrogens with one attached hydrogen (secondary N) is 1. The van der Waals surface area contributed by atoms with Crippen molar-refractivity contribution < 1.29 is 19.7 Å². The Balaban J connectivity index is 2.29. The number of ether oxygens (including phenoxy) is 2. The van der Waals surface area contributed by atoms with Gasteiger partial charge in [0, 0.05) is 19.4 Å². The highest BCUT2D eigenvalue weighted by Crippen LogP contribution is 2.28. The molecule has 100 valence electrons. The van der Waals surface area contributed by atoms with E-state index in [1.54, 1.807) is 0 Å². The molecule has 1 saturated heterocycles. The monoisotopic (exact) mass is 258 g/mol. The summed E-state index contributed by atoms with van der Waals surface area (Å²) < 4.78 is 11.2. The zero-order valence-corrected chi connectivity index (χ0v) is 9.65. The molecule has 0 aliphatic carbocycles. The second-order valence-corrected chi connectivity index (χ2v) is 4.02. The molecule has 2 unspecified atom stereocenters. The van der Waals surface area contributed by atoms with Crippen LogP contribution < -0.4 is 11.2 Å². The van der Waals surface area contributed by atoms with Gasteiger partial charge >= 0.3 is 5.69 Å². The lowest BCUT2D eigenvalue weighted by Gasteiger charge is -2.16. The number of aromatic amines is 1. The van der Waals surface area contributed by atoms with Gasteiger partial charge in [-0.05, 0) is 0 Å². The molecular weight excluding hydrogens is 244 g/mol. The zero-order chi connectivity index (χ0) is 13.3. The number of nitrogens with zero attached hydrogens (tertiary/aromatic N) is 1. The molecule has 0 aromatic carbocycles. The number of rotatable bonds is 3. The van der Waals surface area contributed by atoms with E-state index in [-0.39, 0.29) is 6.61 Å². The van der Waals surface area contributed by atoms with Crippen molar-refractivity contribution in [3.8, 4) is 0 Å². The Hall–Kier alpha value is -1.48. The fourth-order valence-electron chi connectivity index (χ4n) is 1.89. The first kappa shape index (κ1) is 13.0. The van der Waals surface area contributed by atoms with Crippen molar-refractivity contribution in [1.82, 2.24) is 9.55 Å². The van der Waals surface area contributed by atoms with Crippen molar-refractivity contribution in [2.45, 2.75) is 24.5 Å². The van der Waals surface area contributed by atoms with Crippen LogP contribution in [0.3, 0.4) is 0 Å². The Morgan fingerprint density at radius 1 is 1.44 bits per heavy atom. The van der Waals surface area contributed by atoms with E-state index < -0.39 is 35.8 Å². The summed E-state index contributed by atoms with van der Waals surface area (Å²) in [5, 5.41) is 19.5. The first-order chi connectivity index (χ1) is 8.54. The highest BCUT2D eigenvalue weighted by Gasteiger charge is 2.43. The molecule has 4 atom stereocenters. The third kappa shape index (κ3) is 2.23. The van der Waals surface area contributed by atoms with E-state index in [1.165, 1.54) is 13.3 Å². The van der Waals surface area contributed by atoms with Crippen LogP contribution in [-0.4, -0.2) is 51.8 Å². The topological polar surface area (TPSA) is 114 Å². The van der Waals surface area contributed by atoms with Crippen LogP contribution in [0.4, 0.5) is 0 Å². The van der Waals surface area contributed by atoms with Crippen LogP contribution in [0, 0.1) is 0 Å². The van der Waals surface area contributed by atoms with Gasteiger partial charge in [0.2, 0.25) is 0 Å². The second-order valence-electron chi connectivity index (χ2n) is 4.02. The molecule has 1 aromatic heterocycles. The number of hydrogen-bond donors (Lipinski definition) is 3. The fourth-order valence-corrected chi connectivity index (χ4v) is 1.89. The van der Waals surface area contributed by atoms with Crippen LogP contribution in [0.5, 0.6) is 0 Å². The average Bonchev–Trinajstić information content (AvgIpc) is 2.58. The summed E-state index contributed by atoms with van der Waals surface area (Å²) in [7, 11) is 1.43. The van der Waals surface area contributed by atoms with Gasteiger partial charge in [-0.1, -0.05) is 0 Å². The highest BCUT2D eigenvalue weighted by molar-refractivity contribution is 4.93. The van der Waals surface area contributed by atoms with E-state index in [0.717, 1.165) is 10.6 Å². The maximum Gasteiger partial charge on any atom is 0.330 e. The summed E-state index contributed by atoms with van der Waals surface area (Å²) in [6.45, 7) is 0.0901. The standard InChI is InChI=1S/C10H14N2O6/c1-17-4-5-7(14)8(15)9(18-5)12-3-2-6(13)11-10(12)16/h2-3,5,7-9,14-15H,4H2,1H3,(H,11,13,16)/t5-,7?,8?,9-/m0/s1. The van der Waals surface area contributed by atoms with Gasteiger partial charge in [-0.2, -0.15) is 0 Å². The first-order valence-corrected chi connectivity index (χ1v) is 5.36. The van der Waals surface area contributed by atoms with Crippen molar-refractivity contribution in [2.24, 2.45) is 0 Å². The van der Waals surface area contributed by atoms with Gasteiger partial charge in [-0.3, -0.25) is 14.3 Å². The molecule has 18 heavy (non-hydrogen) atoms. The lowest BCUT2D eigenvalue weighted by molar-refractivity contribution is -0.0614. The van der Waals surface area contributed by atoms with Gasteiger partial charge in [0.05, 0.1) is 6.61 Å². The zero-order valence-electron chi connectivity index (χ0n) is 9.65. The van der Waals surface area contributed by atoms with Gasteiger partial charge in [0.25, 0.3) is 5.56 Å². The summed E-state index contributed by atoms with van der Waals surface area (Å²) in [6.07, 6.45) is -3.00. The predicted octanol–water partition coefficient (Wildman–Crippen LogP) is -2.20. The van der Waals surface area contributed by atoms with Crippen LogP contribution in [0.15, 0.2) is 21.9 Å². The molecule has 8 heteroatoms. The van der Waals surface area contributed by atoms with E-state index >= 15 is 0 Å². The summed E-state index contributed by atoms with van der Waals surface area (Å²) in [4.78, 5) is 24.5. The number of methoxy groups -OCH3 is 1. The van der Waals surface area contributed by atoms with Gasteiger partial charge in [-0.25, -0.2) is 4.79 Å². The summed E-state index contributed by atoms with van der Waals surface area (Å²) >= 11 is 0. The minimum Gasteiger partial charge on any atom is -0.387 e. The van der Waals surface area contributed by atoms with Crippen molar-refractivity contribution >= 4 is 0 Å². The molecule has 1 aliphatic heterocycles. The second kappa shape index (κ2) is 5.02. The van der Waals surface area contributed by atoms with E-state index in [0.29, 0.717) is 0 Å². The molecule has 1 aromatic rings. The summed E-state index contributed by atoms with van der Waals surface area (Å²) in [5.41, 5.74) is -1.26. The van der Waals surface area contributed by atoms with Crippen molar-refractivity contribution in [2.75, 3.05) is 13.7 Å². The van der Waals surface area contributed by atoms with Crippen LogP contribution in [-0.2, 0) is 9.47 Å². The summed E-state index contributed by atoms with van der Waals surface area (Å²) in [6, 6.07) is 1.13. The van der Waals surface area contributed by atoms with Crippen LogP contribution >= 0.6 is 0 Å². The first-order valence-electron chi connectivity index (χ1n) is 5.36. The Bertz CT molecular complexity index is 524. The third-order valence-corrected chi connectivity index (χ3v) is 2.79. The number of hydrogen-bond acceptors (Lipinski definition) is 6. The Labute approximate surface area is 101 Å². The Morgan fingerprint density at radius 2 is 2.17 bits per heavy atom. The van der Waals surface area contributed by atoms with Crippen molar-refractivity contribution in [3.63, 3.8) is 0 Å². The van der Waals surface area contributed by atoms with Crippen molar-refractivity contribution in [3.05, 3.63) is 33.1 Å². The predicted molar refractivity (Wildman–Crippen MR) is 59.1 cm³/mol. The highest BCUT2D eigenvalue weighted by atomic mass is 16.6. The van der Waals surface area contributed by atoms with E-state index in [1.807, 2.05) is 4.98 Å². The Morgan fingerprint density at radius 3 is 2.78 bits per heavy atom. The number of H-pyrrole nitrogens is 1. The average molecular weight is 258 g/mol. The maximum absolute atomic E-state index is 11.5. The molecule has 0 amide bonds. The molecule has 1 aliphatic rings. The molecule has 8 nitrogen and oxygen atoms in total. The van der Waals surface area contributed by atoms with Crippen LogP contribution in [0.1, 0.15) is 6.23 Å². The Kier molecular flexibility index (Phi) is 3.62. The maximum atomic E-state index is 11.5. The molecule has 2 rings (SSSR count). The molecule has 0 saturated carbocycles. The number of aliphatic hydroxyl groups is 2. The SMILES string of the molecule is COC[C@@H]1O[C@H](n2ccc(=O)[nH]c2=O)C(O)C1O. The molecule has 1 fully saturated rings. The molecule has 2 heterocycles. The normalized spacial score (nSPS) is 31.7. The summed E-state index contributed by atoms with van der Waals surface area (Å²) in [5.74, 6) is 0. The van der Waals surface area contributed by atoms with Crippen molar-refractivity contribution in [1.29, 1.82) is 0 Å². The fraction of sp³-hybridized carbons (Fsp3) is 0.600. The minimum atomic E-state index is -1.27. The van der Waals surface area contributed by atoms with Gasteiger partial charge in [0.1, 0.15) is 18.3 Å². The van der Waals surface area contributed by atoms with Gasteiger partial charge in [0.15, 0.2) is 6.23 Å². The minimum absolute atomic E-state index is 0.0901. The third-order valence-electron chi connectivity index (χ3n) is 2.79. The molecular formula is C10H14N2O6. The van der Waals surface area contributed by atoms with E-state index in [4.69, 9.17) is 9.47 Å². The lowest BCUT2D eigenvalue weighted by atomic mass is 10.1. The molecule has 3 N–H and O–H groups in total. The smallest absolute Gasteiger partial charge is 0.330 e. The number of aliphatic hydroxyl groups excluding tert-OH is 2. The van der Waals surface area contributed by atoms with E-state index in [9.17, 15) is 19.8 Å². The van der Waals surface area contributed by atoms with Crippen LogP contribution in [0.2, 0.25) is 0 Å². The van der Waals surface area contributed by atoms with E-state index in [2.05, 4.69) is 0 Å². The molecule has 0 radical (unpaired) electrons. The molecule has 0 bridgehead atoms. The van der Waals surface area contributed by atoms with Gasteiger partial charge in [-0.15, -0.1) is 0 Å². The van der Waals surface area contributed by atoms with Crippen LogP contribution in [0.25, 0.3) is 0 Å². The quantitative estimate of drug-likeness (QED) is 0.567. The largest absolute Gasteiger partial charge is 0.387 e. The lowest BCUT2D eigenvalue weighted by Crippen LogP contribution is -2.37. The number of aromatic nitrogens is 2. The molecule has 0 spiro atoms.